The lowest BCUT2D eigenvalue weighted by Gasteiger charge is -2.25. The molecule has 0 saturated carbocycles. The first-order valence-corrected chi connectivity index (χ1v) is 14.3. The molecule has 0 heterocycles. The van der Waals surface area contributed by atoms with Gasteiger partial charge in [-0.2, -0.15) is 0 Å². The van der Waals surface area contributed by atoms with Crippen molar-refractivity contribution < 1.29 is 19.1 Å². The van der Waals surface area contributed by atoms with Gasteiger partial charge in [0.1, 0.15) is 5.75 Å². The van der Waals surface area contributed by atoms with E-state index in [4.69, 9.17) is 4.74 Å². The van der Waals surface area contributed by atoms with Crippen molar-refractivity contribution in [3.8, 4) is 16.9 Å². The van der Waals surface area contributed by atoms with Crippen molar-refractivity contribution in [3.05, 3.63) is 88.5 Å². The van der Waals surface area contributed by atoms with Crippen LogP contribution in [0.3, 0.4) is 0 Å². The number of hydrogen-bond donors (Lipinski definition) is 1. The smallest absolute Gasteiger partial charge is 0.307 e. The maximum Gasteiger partial charge on any atom is 0.307 e. The Bertz CT molecular complexity index is 1250. The van der Waals surface area contributed by atoms with Gasteiger partial charge < -0.3 is 14.8 Å². The highest BCUT2D eigenvalue weighted by Gasteiger charge is 2.19. The number of ether oxygens (including phenoxy) is 2. The topological polar surface area (TPSA) is 64.6 Å². The third kappa shape index (κ3) is 8.97. The summed E-state index contributed by atoms with van der Waals surface area (Å²) in [6, 6.07) is 20.9. The second-order valence-electron chi connectivity index (χ2n) is 11.8. The van der Waals surface area contributed by atoms with E-state index in [0.29, 0.717) is 18.1 Å². The van der Waals surface area contributed by atoms with Gasteiger partial charge >= 0.3 is 5.97 Å². The van der Waals surface area contributed by atoms with Crippen molar-refractivity contribution in [1.29, 1.82) is 0 Å². The zero-order valence-electron chi connectivity index (χ0n) is 25.2. The molecule has 0 radical (unpaired) electrons. The molecular formula is C35H45NO4. The highest BCUT2D eigenvalue weighted by atomic mass is 16.5. The molecule has 0 atom stereocenters. The first-order chi connectivity index (χ1) is 19.0. The summed E-state index contributed by atoms with van der Waals surface area (Å²) in [6.45, 7) is 14.2. The predicted octanol–water partition coefficient (Wildman–Crippen LogP) is 7.81. The van der Waals surface area contributed by atoms with Gasteiger partial charge in [0.25, 0.3) is 5.91 Å². The molecule has 5 nitrogen and oxygen atoms in total. The third-order valence-electron chi connectivity index (χ3n) is 7.38. The van der Waals surface area contributed by atoms with E-state index >= 15 is 0 Å². The molecule has 3 aromatic carbocycles. The van der Waals surface area contributed by atoms with E-state index in [1.165, 1.54) is 40.5 Å². The first kappa shape index (κ1) is 30.9. The lowest BCUT2D eigenvalue weighted by molar-refractivity contribution is -0.140. The minimum absolute atomic E-state index is 0.0343. The molecule has 1 N–H and O–H groups in total. The number of esters is 1. The van der Waals surface area contributed by atoms with Crippen LogP contribution in [0.25, 0.3) is 11.1 Å². The Morgan fingerprint density at radius 1 is 0.925 bits per heavy atom. The minimum Gasteiger partial charge on any atom is -0.493 e. The van der Waals surface area contributed by atoms with Gasteiger partial charge in [0.2, 0.25) is 0 Å². The molecule has 0 aromatic heterocycles. The predicted molar refractivity (Wildman–Crippen MR) is 163 cm³/mol. The van der Waals surface area contributed by atoms with Crippen LogP contribution >= 0.6 is 0 Å². The van der Waals surface area contributed by atoms with Gasteiger partial charge in [-0.3, -0.25) is 9.59 Å². The highest BCUT2D eigenvalue weighted by Crippen LogP contribution is 2.33. The van der Waals surface area contributed by atoms with E-state index in [1.54, 1.807) is 0 Å². The molecule has 1 amide bonds. The molecule has 0 bridgehead atoms. The van der Waals surface area contributed by atoms with Gasteiger partial charge in [0.05, 0.1) is 20.1 Å². The van der Waals surface area contributed by atoms with Crippen LogP contribution in [-0.4, -0.2) is 32.1 Å². The van der Waals surface area contributed by atoms with Gasteiger partial charge in [-0.05, 0) is 102 Å². The zero-order valence-corrected chi connectivity index (χ0v) is 25.2. The normalized spacial score (nSPS) is 11.4. The van der Waals surface area contributed by atoms with Crippen LogP contribution in [0.1, 0.15) is 85.5 Å². The molecule has 3 aromatic rings. The van der Waals surface area contributed by atoms with E-state index in [-0.39, 0.29) is 30.3 Å². The van der Waals surface area contributed by atoms with Crippen molar-refractivity contribution in [1.82, 2.24) is 5.32 Å². The highest BCUT2D eigenvalue weighted by molar-refractivity contribution is 5.94. The summed E-state index contributed by atoms with van der Waals surface area (Å²) >= 11 is 0. The van der Waals surface area contributed by atoms with Crippen molar-refractivity contribution in [2.45, 2.75) is 73.1 Å². The molecule has 0 fully saturated rings. The van der Waals surface area contributed by atoms with E-state index in [1.807, 2.05) is 24.3 Å². The van der Waals surface area contributed by atoms with Crippen LogP contribution in [0, 0.1) is 19.3 Å². The summed E-state index contributed by atoms with van der Waals surface area (Å²) in [6.07, 6.45) is 3.17. The number of carbonyl (C=O) groups is 2. The quantitative estimate of drug-likeness (QED) is 0.223. The van der Waals surface area contributed by atoms with Gasteiger partial charge in [-0.15, -0.1) is 0 Å². The fourth-order valence-electron chi connectivity index (χ4n) is 4.92. The molecule has 5 heteroatoms. The average Bonchev–Trinajstić information content (AvgIpc) is 2.92. The minimum atomic E-state index is -0.338. The van der Waals surface area contributed by atoms with Crippen molar-refractivity contribution in [2.75, 3.05) is 20.3 Å². The summed E-state index contributed by atoms with van der Waals surface area (Å²) in [5, 5.41) is 2.74. The third-order valence-corrected chi connectivity index (χ3v) is 7.38. The standard InChI is InChI=1S/C35H45NO4/c1-24(2)28-14-16-29(17-15-28)33-25(3)21-31(22-26(33)4)40-23-35(5,6)19-8-9-27-10-12-30(13-11-27)34(38)36-20-18-32(37)39-7/h10-17,21-22,24H,8-9,18-20,23H2,1-7H3,(H,36,38). The van der Waals surface area contributed by atoms with E-state index in [0.717, 1.165) is 25.0 Å². The molecule has 3 rings (SSSR count). The summed E-state index contributed by atoms with van der Waals surface area (Å²) < 4.78 is 10.9. The molecular weight excluding hydrogens is 498 g/mol. The Kier molecular flexibility index (Phi) is 10.9. The van der Waals surface area contributed by atoms with Crippen LogP contribution in [0.4, 0.5) is 0 Å². The molecule has 0 unspecified atom stereocenters. The Labute approximate surface area is 240 Å². The van der Waals surface area contributed by atoms with Crippen molar-refractivity contribution in [2.24, 2.45) is 5.41 Å². The Balaban J connectivity index is 1.49. The maximum absolute atomic E-state index is 12.3. The molecule has 0 aliphatic rings. The first-order valence-electron chi connectivity index (χ1n) is 14.3. The average molecular weight is 544 g/mol. The lowest BCUT2D eigenvalue weighted by Crippen LogP contribution is -2.26. The molecule has 214 valence electrons. The summed E-state index contributed by atoms with van der Waals surface area (Å²) in [5.74, 6) is 0.929. The number of carbonyl (C=O) groups excluding carboxylic acids is 2. The molecule has 0 aliphatic carbocycles. The number of rotatable bonds is 13. The number of benzene rings is 3. The van der Waals surface area contributed by atoms with Crippen LogP contribution in [0.5, 0.6) is 5.75 Å². The number of methoxy groups -OCH3 is 1. The second-order valence-corrected chi connectivity index (χ2v) is 11.8. The molecule has 0 spiro atoms. The Morgan fingerprint density at radius 3 is 2.12 bits per heavy atom. The summed E-state index contributed by atoms with van der Waals surface area (Å²) in [5.41, 5.74) is 8.17. The monoisotopic (exact) mass is 543 g/mol. The number of amides is 1. The van der Waals surface area contributed by atoms with Gasteiger partial charge in [-0.25, -0.2) is 0 Å². The maximum atomic E-state index is 12.3. The van der Waals surface area contributed by atoms with Crippen LogP contribution in [0.2, 0.25) is 0 Å². The SMILES string of the molecule is COC(=O)CCNC(=O)c1ccc(CCCC(C)(C)COc2cc(C)c(-c3ccc(C(C)C)cc3)c(C)c2)cc1. The van der Waals surface area contributed by atoms with Crippen LogP contribution in [-0.2, 0) is 16.0 Å². The summed E-state index contributed by atoms with van der Waals surface area (Å²) in [4.78, 5) is 23.4. The van der Waals surface area contributed by atoms with E-state index in [2.05, 4.69) is 88.0 Å². The molecule has 0 aliphatic heterocycles. The molecule has 0 saturated heterocycles. The number of nitrogens with one attached hydrogen (secondary N) is 1. The number of aryl methyl sites for hydroxylation is 3. The Hall–Kier alpha value is -3.60. The molecule has 40 heavy (non-hydrogen) atoms. The van der Waals surface area contributed by atoms with E-state index < -0.39 is 0 Å². The largest absolute Gasteiger partial charge is 0.493 e. The summed E-state index contributed by atoms with van der Waals surface area (Å²) in [7, 11) is 1.34. The Morgan fingerprint density at radius 2 is 1.55 bits per heavy atom. The van der Waals surface area contributed by atoms with Gasteiger partial charge in [0.15, 0.2) is 0 Å². The fourth-order valence-corrected chi connectivity index (χ4v) is 4.92. The fraction of sp³-hybridized carbons (Fsp3) is 0.429. The zero-order chi connectivity index (χ0) is 29.3. The van der Waals surface area contributed by atoms with Gasteiger partial charge in [0, 0.05) is 12.1 Å². The lowest BCUT2D eigenvalue weighted by atomic mass is 9.87. The van der Waals surface area contributed by atoms with E-state index in [9.17, 15) is 9.59 Å². The van der Waals surface area contributed by atoms with Crippen molar-refractivity contribution in [3.63, 3.8) is 0 Å². The van der Waals surface area contributed by atoms with Crippen LogP contribution < -0.4 is 10.1 Å². The van der Waals surface area contributed by atoms with Crippen molar-refractivity contribution >= 4 is 11.9 Å². The van der Waals surface area contributed by atoms with Crippen LogP contribution in [0.15, 0.2) is 60.7 Å². The van der Waals surface area contributed by atoms with Gasteiger partial charge in [-0.1, -0.05) is 64.1 Å². The number of hydrogen-bond acceptors (Lipinski definition) is 4. The second kappa shape index (κ2) is 14.2.